The second-order valence-corrected chi connectivity index (χ2v) is 7.82. The van der Waals surface area contributed by atoms with Crippen LogP contribution in [-0.2, 0) is 4.74 Å². The van der Waals surface area contributed by atoms with Gasteiger partial charge in [-0.15, -0.1) is 11.3 Å². The molecule has 1 N–H and O–H groups in total. The molecule has 9 heteroatoms. The lowest BCUT2D eigenvalue weighted by atomic mass is 10.1. The van der Waals surface area contributed by atoms with E-state index in [0.29, 0.717) is 5.56 Å². The number of ether oxygens (including phenoxy) is 1. The van der Waals surface area contributed by atoms with Crippen LogP contribution >= 0.6 is 11.3 Å². The molecule has 0 bridgehead atoms. The molecule has 162 valence electrons. The third kappa shape index (κ3) is 4.02. The summed E-state index contributed by atoms with van der Waals surface area (Å²) in [5.41, 5.74) is 0.870. The second kappa shape index (κ2) is 8.72. The third-order valence-electron chi connectivity index (χ3n) is 4.71. The highest BCUT2D eigenvalue weighted by atomic mass is 32.1. The van der Waals surface area contributed by atoms with Gasteiger partial charge in [0.15, 0.2) is 5.69 Å². The van der Waals surface area contributed by atoms with Crippen molar-refractivity contribution in [3.63, 3.8) is 0 Å². The number of esters is 1. The Hall–Kier alpha value is -3.85. The van der Waals surface area contributed by atoms with E-state index < -0.39 is 23.3 Å². The van der Waals surface area contributed by atoms with E-state index in [0.717, 1.165) is 27.6 Å². The summed E-state index contributed by atoms with van der Waals surface area (Å²) in [6.07, 6.45) is 0. The average molecular weight is 451 g/mol. The van der Waals surface area contributed by atoms with Crippen LogP contribution < -0.4 is 10.9 Å². The number of anilines is 1. The zero-order chi connectivity index (χ0) is 22.8. The van der Waals surface area contributed by atoms with Crippen molar-refractivity contribution < 1.29 is 18.7 Å². The van der Waals surface area contributed by atoms with Crippen molar-refractivity contribution >= 4 is 39.0 Å². The number of carbonyl (C=O) groups is 2. The van der Waals surface area contributed by atoms with E-state index in [1.165, 1.54) is 18.2 Å². The van der Waals surface area contributed by atoms with E-state index in [-0.39, 0.29) is 33.8 Å². The zero-order valence-corrected chi connectivity index (χ0v) is 18.0. The molecule has 2 aromatic heterocycles. The minimum absolute atomic E-state index is 0.0952. The van der Waals surface area contributed by atoms with E-state index in [4.69, 9.17) is 4.74 Å². The summed E-state index contributed by atoms with van der Waals surface area (Å²) >= 11 is 1.09. The van der Waals surface area contributed by atoms with Crippen LogP contribution in [0.2, 0.25) is 0 Å². The first-order chi connectivity index (χ1) is 15.4. The number of thiophene rings is 1. The Morgan fingerprint density at radius 3 is 2.62 bits per heavy atom. The fourth-order valence-electron chi connectivity index (χ4n) is 3.16. The summed E-state index contributed by atoms with van der Waals surface area (Å²) in [5.74, 6) is -1.69. The van der Waals surface area contributed by atoms with Crippen LogP contribution in [0.4, 0.5) is 9.39 Å². The molecule has 0 unspecified atom stereocenters. The van der Waals surface area contributed by atoms with E-state index in [1.807, 2.05) is 6.92 Å². The Balaban J connectivity index is 1.88. The van der Waals surface area contributed by atoms with Gasteiger partial charge in [0, 0.05) is 16.3 Å². The van der Waals surface area contributed by atoms with Crippen molar-refractivity contribution in [2.24, 2.45) is 0 Å². The molecule has 4 aromatic rings. The molecule has 0 atom stereocenters. The number of fused-ring (bicyclic) bond motifs is 1. The Labute approximate surface area is 186 Å². The number of hydrogen-bond donors (Lipinski definition) is 1. The highest BCUT2D eigenvalue weighted by Gasteiger charge is 2.23. The fraction of sp³-hybridized carbons (Fsp3) is 0.130. The smallest absolute Gasteiger partial charge is 0.359 e. The number of aromatic nitrogens is 2. The summed E-state index contributed by atoms with van der Waals surface area (Å²) < 4.78 is 19.8. The molecule has 2 aromatic carbocycles. The van der Waals surface area contributed by atoms with E-state index in [2.05, 4.69) is 10.4 Å². The van der Waals surface area contributed by atoms with Crippen molar-refractivity contribution in [3.8, 4) is 5.69 Å². The van der Waals surface area contributed by atoms with Crippen LogP contribution in [0.5, 0.6) is 0 Å². The molecular formula is C23H18FN3O4S. The van der Waals surface area contributed by atoms with E-state index >= 15 is 0 Å². The van der Waals surface area contributed by atoms with Gasteiger partial charge in [-0.05, 0) is 44.2 Å². The molecule has 2 heterocycles. The normalized spacial score (nSPS) is 10.8. The summed E-state index contributed by atoms with van der Waals surface area (Å²) in [5, 5.41) is 9.06. The Bertz CT molecular complexity index is 1390. The summed E-state index contributed by atoms with van der Waals surface area (Å²) in [7, 11) is 0. The minimum Gasteiger partial charge on any atom is -0.461 e. The Morgan fingerprint density at radius 2 is 1.94 bits per heavy atom. The lowest BCUT2D eigenvalue weighted by Gasteiger charge is -2.10. The van der Waals surface area contributed by atoms with Gasteiger partial charge in [-0.2, -0.15) is 9.78 Å². The van der Waals surface area contributed by atoms with Crippen molar-refractivity contribution in [1.82, 2.24) is 9.78 Å². The van der Waals surface area contributed by atoms with Crippen molar-refractivity contribution in [3.05, 3.63) is 86.9 Å². The molecule has 0 aliphatic rings. The summed E-state index contributed by atoms with van der Waals surface area (Å²) in [4.78, 5) is 38.6. The number of rotatable bonds is 5. The molecule has 0 spiro atoms. The maximum Gasteiger partial charge on any atom is 0.359 e. The molecule has 0 saturated heterocycles. The standard InChI is InChI=1S/C23H18FN3O4S/c1-3-31-23(30)19-17-12-32-21(25-20(28)14-9-7-13(2)8-10-14)18(17)22(29)27(26-19)16-6-4-5-15(24)11-16/h4-12H,3H2,1-2H3,(H,25,28). The first-order valence-corrected chi connectivity index (χ1v) is 10.6. The predicted molar refractivity (Wildman–Crippen MR) is 120 cm³/mol. The number of carbonyl (C=O) groups excluding carboxylic acids is 2. The number of hydrogen-bond acceptors (Lipinski definition) is 6. The topological polar surface area (TPSA) is 90.3 Å². The molecular weight excluding hydrogens is 433 g/mol. The molecule has 0 aliphatic carbocycles. The average Bonchev–Trinajstić information content (AvgIpc) is 3.18. The third-order valence-corrected chi connectivity index (χ3v) is 5.61. The molecule has 7 nitrogen and oxygen atoms in total. The maximum atomic E-state index is 13.8. The van der Waals surface area contributed by atoms with Gasteiger partial charge < -0.3 is 10.1 Å². The Morgan fingerprint density at radius 1 is 1.19 bits per heavy atom. The number of aryl methyl sites for hydroxylation is 1. The van der Waals surface area contributed by atoms with Gasteiger partial charge in [-0.1, -0.05) is 23.8 Å². The van der Waals surface area contributed by atoms with Crippen LogP contribution in [0.25, 0.3) is 16.5 Å². The van der Waals surface area contributed by atoms with Gasteiger partial charge in [0.1, 0.15) is 10.8 Å². The fourth-order valence-corrected chi connectivity index (χ4v) is 4.09. The number of halogens is 1. The van der Waals surface area contributed by atoms with E-state index in [9.17, 15) is 18.8 Å². The van der Waals surface area contributed by atoms with Crippen LogP contribution in [0.3, 0.4) is 0 Å². The van der Waals surface area contributed by atoms with Crippen LogP contribution in [0.1, 0.15) is 33.3 Å². The summed E-state index contributed by atoms with van der Waals surface area (Å²) in [6.45, 7) is 3.67. The van der Waals surface area contributed by atoms with Gasteiger partial charge in [0.25, 0.3) is 11.5 Å². The first kappa shape index (κ1) is 21.4. The van der Waals surface area contributed by atoms with Gasteiger partial charge in [-0.25, -0.2) is 9.18 Å². The Kier molecular flexibility index (Phi) is 5.83. The lowest BCUT2D eigenvalue weighted by molar-refractivity contribution is 0.0520. The van der Waals surface area contributed by atoms with Crippen molar-refractivity contribution in [1.29, 1.82) is 0 Å². The molecule has 1 amide bonds. The minimum atomic E-state index is -0.725. The zero-order valence-electron chi connectivity index (χ0n) is 17.2. The summed E-state index contributed by atoms with van der Waals surface area (Å²) in [6, 6.07) is 12.3. The number of nitrogens with one attached hydrogen (secondary N) is 1. The number of nitrogens with zero attached hydrogens (tertiary/aromatic N) is 2. The molecule has 0 radical (unpaired) electrons. The largest absolute Gasteiger partial charge is 0.461 e. The van der Waals surface area contributed by atoms with Crippen LogP contribution in [0.15, 0.2) is 58.7 Å². The first-order valence-electron chi connectivity index (χ1n) is 9.74. The highest BCUT2D eigenvalue weighted by molar-refractivity contribution is 7.16. The van der Waals surface area contributed by atoms with Gasteiger partial charge in [0.2, 0.25) is 0 Å². The monoisotopic (exact) mass is 451 g/mol. The molecule has 0 fully saturated rings. The number of benzene rings is 2. The predicted octanol–water partition coefficient (Wildman–Crippen LogP) is 4.32. The van der Waals surface area contributed by atoms with Crippen LogP contribution in [0, 0.1) is 12.7 Å². The lowest BCUT2D eigenvalue weighted by Crippen LogP contribution is -2.25. The maximum absolute atomic E-state index is 13.8. The second-order valence-electron chi connectivity index (χ2n) is 6.94. The van der Waals surface area contributed by atoms with Crippen LogP contribution in [-0.4, -0.2) is 28.3 Å². The quantitative estimate of drug-likeness (QED) is 0.457. The van der Waals surface area contributed by atoms with Gasteiger partial charge >= 0.3 is 5.97 Å². The van der Waals surface area contributed by atoms with Crippen molar-refractivity contribution in [2.75, 3.05) is 11.9 Å². The molecule has 0 aliphatic heterocycles. The van der Waals surface area contributed by atoms with Gasteiger partial charge in [-0.3, -0.25) is 9.59 Å². The number of amides is 1. The van der Waals surface area contributed by atoms with Crippen molar-refractivity contribution in [2.45, 2.75) is 13.8 Å². The SMILES string of the molecule is CCOC(=O)c1nn(-c2cccc(F)c2)c(=O)c2c(NC(=O)c3ccc(C)cc3)scc12. The van der Waals surface area contributed by atoms with Gasteiger partial charge in [0.05, 0.1) is 17.7 Å². The molecule has 4 rings (SSSR count). The molecule has 32 heavy (non-hydrogen) atoms. The highest BCUT2D eigenvalue weighted by Crippen LogP contribution is 2.31. The molecule has 0 saturated carbocycles. The van der Waals surface area contributed by atoms with E-state index in [1.54, 1.807) is 36.6 Å².